The maximum absolute atomic E-state index is 5.65. The summed E-state index contributed by atoms with van der Waals surface area (Å²) in [7, 11) is 0. The molecule has 0 saturated carbocycles. The summed E-state index contributed by atoms with van der Waals surface area (Å²) in [6.07, 6.45) is 5.12. The van der Waals surface area contributed by atoms with Gasteiger partial charge in [0.15, 0.2) is 5.76 Å². The van der Waals surface area contributed by atoms with Crippen LogP contribution in [0.15, 0.2) is 45.7 Å². The quantitative estimate of drug-likeness (QED) is 0.715. The van der Waals surface area contributed by atoms with Gasteiger partial charge in [-0.3, -0.25) is 4.90 Å². The van der Waals surface area contributed by atoms with Crippen molar-refractivity contribution in [2.24, 2.45) is 0 Å². The average Bonchev–Trinajstić information content (AvgIpc) is 3.28. The Morgan fingerprint density at radius 3 is 2.57 bits per heavy atom. The topological polar surface area (TPSA) is 84.3 Å². The molecule has 1 fully saturated rings. The van der Waals surface area contributed by atoms with Crippen LogP contribution in [-0.4, -0.2) is 51.2 Å². The van der Waals surface area contributed by atoms with Crippen molar-refractivity contribution in [1.82, 2.24) is 25.1 Å². The lowest BCUT2D eigenvalue weighted by atomic mass is 10.3. The molecule has 0 radical (unpaired) electrons. The van der Waals surface area contributed by atoms with Crippen molar-refractivity contribution >= 4 is 5.95 Å². The van der Waals surface area contributed by atoms with Crippen LogP contribution in [0.3, 0.4) is 0 Å². The van der Waals surface area contributed by atoms with Gasteiger partial charge >= 0.3 is 0 Å². The first-order chi connectivity index (χ1) is 11.4. The van der Waals surface area contributed by atoms with Gasteiger partial charge in [0.1, 0.15) is 0 Å². The number of aromatic nitrogens is 4. The molecule has 0 spiro atoms. The Bertz CT molecular complexity index is 734. The minimum atomic E-state index is 0.418. The first-order valence-corrected chi connectivity index (χ1v) is 7.49. The van der Waals surface area contributed by atoms with Crippen molar-refractivity contribution < 1.29 is 8.83 Å². The largest absolute Gasteiger partial charge is 0.459 e. The number of piperazine rings is 1. The van der Waals surface area contributed by atoms with Gasteiger partial charge in [-0.2, -0.15) is 0 Å². The second-order valence-corrected chi connectivity index (χ2v) is 5.29. The molecule has 0 atom stereocenters. The van der Waals surface area contributed by atoms with E-state index in [1.54, 1.807) is 30.8 Å². The predicted octanol–water partition coefficient (Wildman–Crippen LogP) is 1.44. The second kappa shape index (κ2) is 6.17. The zero-order valence-corrected chi connectivity index (χ0v) is 12.5. The van der Waals surface area contributed by atoms with Gasteiger partial charge in [-0.1, -0.05) is 0 Å². The number of furan rings is 1. The highest BCUT2D eigenvalue weighted by Crippen LogP contribution is 2.19. The van der Waals surface area contributed by atoms with Crippen LogP contribution in [-0.2, 0) is 6.54 Å². The molecular weight excluding hydrogens is 296 g/mol. The third-order valence-electron chi connectivity index (χ3n) is 3.76. The van der Waals surface area contributed by atoms with Crippen molar-refractivity contribution in [2.45, 2.75) is 6.54 Å². The van der Waals surface area contributed by atoms with E-state index in [1.807, 2.05) is 6.07 Å². The molecule has 8 heteroatoms. The molecule has 0 aliphatic carbocycles. The summed E-state index contributed by atoms with van der Waals surface area (Å²) in [4.78, 5) is 13.0. The van der Waals surface area contributed by atoms with Crippen LogP contribution in [0.1, 0.15) is 5.89 Å². The molecule has 23 heavy (non-hydrogen) atoms. The fourth-order valence-corrected chi connectivity index (χ4v) is 2.57. The van der Waals surface area contributed by atoms with E-state index in [9.17, 15) is 0 Å². The summed E-state index contributed by atoms with van der Waals surface area (Å²) in [5.74, 6) is 2.39. The smallest absolute Gasteiger partial charge is 0.283 e. The summed E-state index contributed by atoms with van der Waals surface area (Å²) in [5.41, 5.74) is 0. The summed E-state index contributed by atoms with van der Waals surface area (Å²) < 4.78 is 10.9. The van der Waals surface area contributed by atoms with Crippen molar-refractivity contribution in [2.75, 3.05) is 31.1 Å². The lowest BCUT2D eigenvalue weighted by Gasteiger charge is -2.33. The van der Waals surface area contributed by atoms with E-state index in [4.69, 9.17) is 8.83 Å². The van der Waals surface area contributed by atoms with Gasteiger partial charge in [-0.05, 0) is 18.2 Å². The van der Waals surface area contributed by atoms with Crippen LogP contribution >= 0.6 is 0 Å². The van der Waals surface area contributed by atoms with Gasteiger partial charge in [0, 0.05) is 38.6 Å². The molecule has 3 aromatic heterocycles. The third-order valence-corrected chi connectivity index (χ3v) is 3.76. The van der Waals surface area contributed by atoms with Crippen LogP contribution in [0.25, 0.3) is 11.7 Å². The van der Waals surface area contributed by atoms with Crippen LogP contribution in [0.2, 0.25) is 0 Å². The number of hydrogen-bond donors (Lipinski definition) is 0. The van der Waals surface area contributed by atoms with Crippen LogP contribution < -0.4 is 4.90 Å². The van der Waals surface area contributed by atoms with E-state index in [-0.39, 0.29) is 0 Å². The van der Waals surface area contributed by atoms with Gasteiger partial charge in [-0.15, -0.1) is 10.2 Å². The summed E-state index contributed by atoms with van der Waals surface area (Å²) >= 11 is 0. The Labute approximate surface area is 132 Å². The lowest BCUT2D eigenvalue weighted by molar-refractivity contribution is 0.225. The average molecular weight is 312 g/mol. The summed E-state index contributed by atoms with van der Waals surface area (Å²) in [5, 5.41) is 8.11. The van der Waals surface area contributed by atoms with Crippen LogP contribution in [0.5, 0.6) is 0 Å². The Morgan fingerprint density at radius 2 is 1.83 bits per heavy atom. The Kier molecular flexibility index (Phi) is 3.73. The molecular formula is C15H16N6O2. The second-order valence-electron chi connectivity index (χ2n) is 5.29. The third kappa shape index (κ3) is 3.07. The van der Waals surface area contributed by atoms with Crippen LogP contribution in [0.4, 0.5) is 5.95 Å². The monoisotopic (exact) mass is 312 g/mol. The van der Waals surface area contributed by atoms with Gasteiger partial charge < -0.3 is 13.7 Å². The van der Waals surface area contributed by atoms with Crippen molar-refractivity contribution in [3.63, 3.8) is 0 Å². The Balaban J connectivity index is 1.35. The van der Waals surface area contributed by atoms with Crippen molar-refractivity contribution in [3.05, 3.63) is 42.7 Å². The molecule has 4 rings (SSSR count). The SMILES string of the molecule is c1cnc(N2CCN(Cc3nnc(-c4ccco4)o3)CC2)nc1. The molecule has 118 valence electrons. The molecule has 3 aromatic rings. The molecule has 8 nitrogen and oxygen atoms in total. The Morgan fingerprint density at radius 1 is 1.00 bits per heavy atom. The molecule has 4 heterocycles. The fourth-order valence-electron chi connectivity index (χ4n) is 2.57. The van der Waals surface area contributed by atoms with E-state index in [0.717, 1.165) is 32.1 Å². The van der Waals surface area contributed by atoms with E-state index >= 15 is 0 Å². The minimum Gasteiger partial charge on any atom is -0.459 e. The van der Waals surface area contributed by atoms with Gasteiger partial charge in [-0.25, -0.2) is 9.97 Å². The minimum absolute atomic E-state index is 0.418. The van der Waals surface area contributed by atoms with E-state index in [1.165, 1.54) is 0 Å². The Hall–Kier alpha value is -2.74. The molecule has 0 amide bonds. The zero-order chi connectivity index (χ0) is 15.5. The molecule has 0 bridgehead atoms. The predicted molar refractivity (Wildman–Crippen MR) is 81.5 cm³/mol. The molecule has 0 aromatic carbocycles. The number of nitrogens with zero attached hydrogens (tertiary/aromatic N) is 6. The molecule has 0 N–H and O–H groups in total. The summed E-state index contributed by atoms with van der Waals surface area (Å²) in [6, 6.07) is 5.42. The molecule has 1 aliphatic heterocycles. The standard InChI is InChI=1S/C15H16N6O2/c1-3-12(22-10-1)14-19-18-13(23-14)11-20-6-8-21(9-7-20)15-16-4-2-5-17-15/h1-5,10H,6-9,11H2. The zero-order valence-electron chi connectivity index (χ0n) is 12.5. The van der Waals surface area contributed by atoms with Crippen LogP contribution in [0, 0.1) is 0 Å². The van der Waals surface area contributed by atoms with Crippen molar-refractivity contribution in [3.8, 4) is 11.7 Å². The van der Waals surface area contributed by atoms with Gasteiger partial charge in [0.05, 0.1) is 12.8 Å². The fraction of sp³-hybridized carbons (Fsp3) is 0.333. The van der Waals surface area contributed by atoms with E-state index < -0.39 is 0 Å². The highest BCUT2D eigenvalue weighted by Gasteiger charge is 2.21. The van der Waals surface area contributed by atoms with Gasteiger partial charge in [0.2, 0.25) is 11.8 Å². The highest BCUT2D eigenvalue weighted by atomic mass is 16.4. The first-order valence-electron chi connectivity index (χ1n) is 7.49. The lowest BCUT2D eigenvalue weighted by Crippen LogP contribution is -2.46. The van der Waals surface area contributed by atoms with E-state index in [0.29, 0.717) is 24.1 Å². The maximum Gasteiger partial charge on any atom is 0.283 e. The van der Waals surface area contributed by atoms with Crippen molar-refractivity contribution in [1.29, 1.82) is 0 Å². The molecule has 1 aliphatic rings. The normalized spacial score (nSPS) is 15.9. The summed E-state index contributed by atoms with van der Waals surface area (Å²) in [6.45, 7) is 4.19. The number of rotatable bonds is 4. The highest BCUT2D eigenvalue weighted by molar-refractivity contribution is 5.42. The number of hydrogen-bond acceptors (Lipinski definition) is 8. The van der Waals surface area contributed by atoms with E-state index in [2.05, 4.69) is 30.0 Å². The molecule has 0 unspecified atom stereocenters. The number of anilines is 1. The van der Waals surface area contributed by atoms with Gasteiger partial charge in [0.25, 0.3) is 5.89 Å². The molecule has 1 saturated heterocycles. The first kappa shape index (κ1) is 13.9. The maximum atomic E-state index is 5.65.